The van der Waals surface area contributed by atoms with Gasteiger partial charge in [0.2, 0.25) is 0 Å². The van der Waals surface area contributed by atoms with Crippen molar-refractivity contribution in [1.82, 2.24) is 0 Å². The topological polar surface area (TPSA) is 61.8 Å². The van der Waals surface area contributed by atoms with Crippen LogP contribution in [0.25, 0.3) is 0 Å². The zero-order chi connectivity index (χ0) is 34.5. The largest absolute Gasteiger partial charge is 0.463 e. The summed E-state index contributed by atoms with van der Waals surface area (Å²) < 4.78 is 16.6. The molecule has 276 valence electrons. The van der Waals surface area contributed by atoms with Crippen molar-refractivity contribution >= 4 is 11.9 Å². The molecule has 0 aliphatic carbocycles. The summed E-state index contributed by atoms with van der Waals surface area (Å²) in [6.07, 6.45) is 42.1. The molecular weight excluding hydrogens is 584 g/mol. The summed E-state index contributed by atoms with van der Waals surface area (Å²) >= 11 is 0. The molecule has 0 aliphatic rings. The number of carbonyl (C=O) groups is 2. The third kappa shape index (κ3) is 37.1. The van der Waals surface area contributed by atoms with Crippen molar-refractivity contribution in [1.29, 1.82) is 0 Å². The monoisotopic (exact) mass is 663 g/mol. The second kappa shape index (κ2) is 37.2. The number of rotatable bonds is 36. The van der Waals surface area contributed by atoms with Crippen LogP contribution >= 0.6 is 0 Å². The second-order valence-electron chi connectivity index (χ2n) is 13.8. The van der Waals surface area contributed by atoms with Gasteiger partial charge in [-0.25, -0.2) is 0 Å². The summed E-state index contributed by atoms with van der Waals surface area (Å²) in [5, 5.41) is 0. The minimum atomic E-state index is -0.306. The fourth-order valence-electron chi connectivity index (χ4n) is 5.63. The lowest BCUT2D eigenvalue weighted by Gasteiger charge is -2.18. The molecule has 0 aromatic carbocycles. The number of hydrogen-bond acceptors (Lipinski definition) is 5. The van der Waals surface area contributed by atoms with Gasteiger partial charge in [0, 0.05) is 12.8 Å². The highest BCUT2D eigenvalue weighted by Gasteiger charge is 2.13. The van der Waals surface area contributed by atoms with Crippen molar-refractivity contribution in [3.63, 3.8) is 0 Å². The summed E-state index contributed by atoms with van der Waals surface area (Å²) in [6, 6.07) is 0. The Hall–Kier alpha value is -1.62. The number of ether oxygens (including phenoxy) is 3. The van der Waals surface area contributed by atoms with Crippen LogP contribution in [-0.2, 0) is 23.8 Å². The van der Waals surface area contributed by atoms with E-state index in [1.807, 2.05) is 13.8 Å². The Morgan fingerprint density at radius 2 is 0.809 bits per heavy atom. The van der Waals surface area contributed by atoms with E-state index < -0.39 is 0 Å². The van der Waals surface area contributed by atoms with Crippen LogP contribution in [0, 0.1) is 0 Å². The first-order chi connectivity index (χ1) is 23.0. The molecule has 0 spiro atoms. The number of unbranched alkanes of at least 4 members (excludes halogenated alkanes) is 22. The molecule has 0 bridgehead atoms. The van der Waals surface area contributed by atoms with E-state index in [0.717, 1.165) is 25.7 Å². The maximum atomic E-state index is 12.2. The Labute approximate surface area is 292 Å². The van der Waals surface area contributed by atoms with Gasteiger partial charge in [0.25, 0.3) is 0 Å². The number of esters is 2. The molecule has 47 heavy (non-hydrogen) atoms. The lowest BCUT2D eigenvalue weighted by molar-refractivity contribution is -0.154. The maximum absolute atomic E-state index is 12.2. The molecular formula is C42H78O5. The first-order valence-corrected chi connectivity index (χ1v) is 20.3. The van der Waals surface area contributed by atoms with Gasteiger partial charge >= 0.3 is 11.9 Å². The number of allylic oxidation sites excluding steroid dienone is 4. The van der Waals surface area contributed by atoms with Gasteiger partial charge in [-0.3, -0.25) is 9.59 Å². The van der Waals surface area contributed by atoms with E-state index in [-0.39, 0.29) is 30.8 Å². The Morgan fingerprint density at radius 3 is 1.23 bits per heavy atom. The van der Waals surface area contributed by atoms with Crippen LogP contribution in [0.2, 0.25) is 0 Å². The molecule has 2 atom stereocenters. The molecule has 5 nitrogen and oxygen atoms in total. The van der Waals surface area contributed by atoms with Crippen LogP contribution in [0.3, 0.4) is 0 Å². The Balaban J connectivity index is 3.54. The molecule has 0 saturated carbocycles. The minimum Gasteiger partial charge on any atom is -0.463 e. The quantitative estimate of drug-likeness (QED) is 0.0379. The fraction of sp³-hybridized carbons (Fsp3) is 0.857. The SMILES string of the molecule is CCCCCCCC/C=C\CCCCCCCC(=O)OCC(C)OCC(C)OC(=O)CCCCCCC/C=C\CCCCCCCC. The third-order valence-electron chi connectivity index (χ3n) is 8.71. The van der Waals surface area contributed by atoms with Gasteiger partial charge in [0.15, 0.2) is 0 Å². The van der Waals surface area contributed by atoms with E-state index in [9.17, 15) is 9.59 Å². The molecule has 0 aromatic rings. The average Bonchev–Trinajstić information content (AvgIpc) is 3.06. The van der Waals surface area contributed by atoms with E-state index >= 15 is 0 Å². The highest BCUT2D eigenvalue weighted by Crippen LogP contribution is 2.12. The van der Waals surface area contributed by atoms with Gasteiger partial charge in [-0.15, -0.1) is 0 Å². The molecule has 0 heterocycles. The molecule has 0 radical (unpaired) electrons. The second-order valence-corrected chi connectivity index (χ2v) is 13.8. The normalized spacial score (nSPS) is 13.0. The summed E-state index contributed by atoms with van der Waals surface area (Å²) in [7, 11) is 0. The summed E-state index contributed by atoms with van der Waals surface area (Å²) in [5.41, 5.74) is 0. The average molecular weight is 663 g/mol. The van der Waals surface area contributed by atoms with Gasteiger partial charge in [-0.1, -0.05) is 141 Å². The smallest absolute Gasteiger partial charge is 0.306 e. The summed E-state index contributed by atoms with van der Waals surface area (Å²) in [6.45, 7) is 8.81. The zero-order valence-electron chi connectivity index (χ0n) is 31.7. The van der Waals surface area contributed by atoms with Crippen LogP contribution in [0.4, 0.5) is 0 Å². The van der Waals surface area contributed by atoms with Crippen molar-refractivity contribution in [3.8, 4) is 0 Å². The molecule has 0 amide bonds. The molecule has 5 heteroatoms. The van der Waals surface area contributed by atoms with Gasteiger partial charge in [0.1, 0.15) is 12.7 Å². The third-order valence-corrected chi connectivity index (χ3v) is 8.71. The highest BCUT2D eigenvalue weighted by molar-refractivity contribution is 5.69. The van der Waals surface area contributed by atoms with Crippen LogP contribution in [-0.4, -0.2) is 37.4 Å². The number of hydrogen-bond donors (Lipinski definition) is 0. The van der Waals surface area contributed by atoms with Gasteiger partial charge in [-0.05, 0) is 78.1 Å². The van der Waals surface area contributed by atoms with Crippen molar-refractivity contribution in [3.05, 3.63) is 24.3 Å². The molecule has 0 rings (SSSR count). The minimum absolute atomic E-state index is 0.155. The predicted octanol–water partition coefficient (Wildman–Crippen LogP) is 12.9. The Morgan fingerprint density at radius 1 is 0.447 bits per heavy atom. The molecule has 0 N–H and O–H groups in total. The zero-order valence-corrected chi connectivity index (χ0v) is 31.7. The lowest BCUT2D eigenvalue weighted by atomic mass is 10.1. The van der Waals surface area contributed by atoms with Gasteiger partial charge < -0.3 is 14.2 Å². The van der Waals surface area contributed by atoms with E-state index in [2.05, 4.69) is 38.2 Å². The fourth-order valence-corrected chi connectivity index (χ4v) is 5.63. The lowest BCUT2D eigenvalue weighted by Crippen LogP contribution is -2.26. The predicted molar refractivity (Wildman–Crippen MR) is 201 cm³/mol. The first kappa shape index (κ1) is 45.4. The van der Waals surface area contributed by atoms with E-state index in [1.165, 1.54) is 141 Å². The van der Waals surface area contributed by atoms with Crippen LogP contribution in [0.15, 0.2) is 24.3 Å². The van der Waals surface area contributed by atoms with E-state index in [4.69, 9.17) is 14.2 Å². The van der Waals surface area contributed by atoms with Gasteiger partial charge in [0.05, 0.1) is 12.7 Å². The molecule has 0 fully saturated rings. The summed E-state index contributed by atoms with van der Waals surface area (Å²) in [4.78, 5) is 24.3. The molecule has 2 unspecified atom stereocenters. The highest BCUT2D eigenvalue weighted by atomic mass is 16.6. The van der Waals surface area contributed by atoms with Gasteiger partial charge in [-0.2, -0.15) is 0 Å². The molecule has 0 saturated heterocycles. The Bertz CT molecular complexity index is 731. The first-order valence-electron chi connectivity index (χ1n) is 20.3. The molecule has 0 aliphatic heterocycles. The van der Waals surface area contributed by atoms with Crippen LogP contribution in [0.5, 0.6) is 0 Å². The maximum Gasteiger partial charge on any atom is 0.306 e. The standard InChI is InChI=1S/C42H78O5/c1-5-7-9-11-13-15-17-19-21-23-25-27-29-31-33-35-41(43)46-37-39(3)45-38-40(4)47-42(44)36-34-32-30-28-26-24-22-20-18-16-14-12-10-8-6-2/h19-22,39-40H,5-18,23-38H2,1-4H3/b21-19-,22-20-. The van der Waals surface area contributed by atoms with Crippen molar-refractivity contribution in [2.24, 2.45) is 0 Å². The van der Waals surface area contributed by atoms with Crippen molar-refractivity contribution in [2.45, 2.75) is 220 Å². The Kier molecular flexibility index (Phi) is 35.9. The van der Waals surface area contributed by atoms with Crippen molar-refractivity contribution < 1.29 is 23.8 Å². The van der Waals surface area contributed by atoms with E-state index in [1.54, 1.807) is 0 Å². The summed E-state index contributed by atoms with van der Waals surface area (Å²) in [5.74, 6) is -0.310. The molecule has 0 aromatic heterocycles. The van der Waals surface area contributed by atoms with Crippen molar-refractivity contribution in [2.75, 3.05) is 13.2 Å². The number of carbonyl (C=O) groups excluding carboxylic acids is 2. The van der Waals surface area contributed by atoms with Crippen LogP contribution < -0.4 is 0 Å². The van der Waals surface area contributed by atoms with Crippen LogP contribution in [0.1, 0.15) is 207 Å². The van der Waals surface area contributed by atoms with E-state index in [0.29, 0.717) is 19.4 Å².